The lowest BCUT2D eigenvalue weighted by atomic mass is 10.1. The summed E-state index contributed by atoms with van der Waals surface area (Å²) < 4.78 is 12.0. The average Bonchev–Trinajstić information content (AvgIpc) is 2.85. The van der Waals surface area contributed by atoms with Gasteiger partial charge in [0.05, 0.1) is 0 Å². The van der Waals surface area contributed by atoms with E-state index in [-0.39, 0.29) is 48.7 Å². The van der Waals surface area contributed by atoms with Crippen LogP contribution in [-0.2, 0) is 0 Å². The van der Waals surface area contributed by atoms with E-state index in [4.69, 9.17) is 32.4 Å². The Morgan fingerprint density at radius 1 is 0.500 bits per heavy atom. The summed E-state index contributed by atoms with van der Waals surface area (Å²) >= 11 is 0. The Morgan fingerprint density at radius 3 is 1.02 bits per heavy atom. The Bertz CT molecular complexity index is 1420. The summed E-state index contributed by atoms with van der Waals surface area (Å²) in [7, 11) is 0. The SMILES string of the molecule is CC1(C)N=C(N)N=C(N)N1c1ccc(Oc2ccc(Oc3ccc(N4C(N)=NC(N)=NC4(C)C)cc3)cc2)cc1.Cl.Cl. The zero-order chi connectivity index (χ0) is 28.7. The van der Waals surface area contributed by atoms with Crippen molar-refractivity contribution < 1.29 is 9.47 Å². The molecule has 0 saturated carbocycles. The molecule has 3 aromatic rings. The summed E-state index contributed by atoms with van der Waals surface area (Å²) in [5, 5.41) is 0. The highest BCUT2D eigenvalue weighted by atomic mass is 35.5. The van der Waals surface area contributed by atoms with Crippen LogP contribution in [-0.4, -0.2) is 35.2 Å². The van der Waals surface area contributed by atoms with Gasteiger partial charge < -0.3 is 32.4 Å². The molecule has 0 radical (unpaired) electrons. The van der Waals surface area contributed by atoms with Crippen LogP contribution < -0.4 is 42.2 Å². The van der Waals surface area contributed by atoms with Gasteiger partial charge in [0.2, 0.25) is 23.8 Å². The molecule has 2 heterocycles. The molecule has 0 spiro atoms. The van der Waals surface area contributed by atoms with Gasteiger partial charge in [0, 0.05) is 11.4 Å². The van der Waals surface area contributed by atoms with Crippen molar-refractivity contribution in [1.29, 1.82) is 0 Å². The number of nitrogens with two attached hydrogens (primary N) is 4. The first-order valence-corrected chi connectivity index (χ1v) is 12.6. The number of hydrogen-bond acceptors (Lipinski definition) is 12. The third-order valence-corrected chi connectivity index (χ3v) is 6.27. The molecule has 2 aliphatic rings. The van der Waals surface area contributed by atoms with Crippen LogP contribution in [0.5, 0.6) is 23.0 Å². The van der Waals surface area contributed by atoms with Gasteiger partial charge in [-0.15, -0.1) is 24.8 Å². The second-order valence-corrected chi connectivity index (χ2v) is 10.2. The summed E-state index contributed by atoms with van der Waals surface area (Å²) in [6, 6.07) is 22.3. The second-order valence-electron chi connectivity index (χ2n) is 10.2. The Kier molecular flexibility index (Phi) is 9.14. The van der Waals surface area contributed by atoms with E-state index in [0.29, 0.717) is 23.0 Å². The van der Waals surface area contributed by atoms with Gasteiger partial charge in [-0.3, -0.25) is 9.80 Å². The van der Waals surface area contributed by atoms with E-state index in [9.17, 15) is 0 Å². The molecule has 0 amide bonds. The maximum atomic E-state index is 6.12. The van der Waals surface area contributed by atoms with E-state index >= 15 is 0 Å². The molecular weight excluding hydrogens is 579 g/mol. The highest BCUT2D eigenvalue weighted by Gasteiger charge is 2.34. The first kappa shape index (κ1) is 31.8. The van der Waals surface area contributed by atoms with Crippen molar-refractivity contribution in [1.82, 2.24) is 0 Å². The van der Waals surface area contributed by atoms with Gasteiger partial charge in [0.15, 0.2) is 0 Å². The molecular formula is C28H34Cl2N10O2. The number of benzene rings is 3. The van der Waals surface area contributed by atoms with Crippen molar-refractivity contribution in [2.75, 3.05) is 9.80 Å². The van der Waals surface area contributed by atoms with Crippen molar-refractivity contribution in [3.63, 3.8) is 0 Å². The highest BCUT2D eigenvalue weighted by Crippen LogP contribution is 2.33. The predicted molar refractivity (Wildman–Crippen MR) is 174 cm³/mol. The summed E-state index contributed by atoms with van der Waals surface area (Å²) in [4.78, 5) is 20.5. The molecule has 42 heavy (non-hydrogen) atoms. The van der Waals surface area contributed by atoms with Gasteiger partial charge in [-0.25, -0.2) is 9.98 Å². The molecule has 222 valence electrons. The van der Waals surface area contributed by atoms with E-state index in [1.807, 2.05) is 110 Å². The van der Waals surface area contributed by atoms with Crippen molar-refractivity contribution in [2.45, 2.75) is 39.0 Å². The van der Waals surface area contributed by atoms with Crippen LogP contribution in [0, 0.1) is 0 Å². The standard InChI is InChI=1S/C28H32N10O2.2ClH/c1-27(2)35-23(29)33-25(31)37(27)17-5-9-19(10-6-17)39-21-13-15-22(16-14-21)40-20-11-7-18(8-12-20)38-26(32)34-24(30)36-28(38,3)4;;/h5-16H,1-4H3,(H4,29,31,33,35)(H4,30,32,34,36);2*1H. The van der Waals surface area contributed by atoms with Crippen molar-refractivity contribution in [3.05, 3.63) is 72.8 Å². The van der Waals surface area contributed by atoms with Crippen LogP contribution in [0.3, 0.4) is 0 Å². The molecule has 0 unspecified atom stereocenters. The number of hydrogen-bond donors (Lipinski definition) is 4. The second kappa shape index (κ2) is 12.0. The van der Waals surface area contributed by atoms with E-state index in [1.165, 1.54) is 0 Å². The quantitative estimate of drug-likeness (QED) is 0.314. The fraction of sp³-hybridized carbons (Fsp3) is 0.214. The summed E-state index contributed by atoms with van der Waals surface area (Å²) in [5.41, 5.74) is 24.1. The normalized spacial score (nSPS) is 17.0. The average molecular weight is 614 g/mol. The fourth-order valence-corrected chi connectivity index (χ4v) is 4.68. The van der Waals surface area contributed by atoms with Crippen LogP contribution in [0.2, 0.25) is 0 Å². The third-order valence-electron chi connectivity index (χ3n) is 6.27. The van der Waals surface area contributed by atoms with Gasteiger partial charge in [-0.05, 0) is 100 Å². The minimum absolute atomic E-state index is 0. The topological polar surface area (TPSA) is 178 Å². The van der Waals surface area contributed by atoms with Crippen LogP contribution in [0.1, 0.15) is 27.7 Å². The number of nitrogens with zero attached hydrogens (tertiary/aromatic N) is 6. The van der Waals surface area contributed by atoms with Crippen molar-refractivity contribution in [2.24, 2.45) is 42.9 Å². The Labute approximate surface area is 256 Å². The van der Waals surface area contributed by atoms with E-state index in [2.05, 4.69) is 20.0 Å². The minimum atomic E-state index is -0.663. The van der Waals surface area contributed by atoms with Gasteiger partial charge in [-0.1, -0.05) is 0 Å². The molecule has 0 fully saturated rings. The molecule has 12 nitrogen and oxygen atoms in total. The summed E-state index contributed by atoms with van der Waals surface area (Å²) in [6.45, 7) is 7.65. The molecule has 0 saturated heterocycles. The fourth-order valence-electron chi connectivity index (χ4n) is 4.68. The van der Waals surface area contributed by atoms with Crippen LogP contribution in [0.4, 0.5) is 11.4 Å². The Balaban J connectivity index is 0.00000242. The largest absolute Gasteiger partial charge is 0.457 e. The molecule has 0 bridgehead atoms. The summed E-state index contributed by atoms with van der Waals surface area (Å²) in [5.74, 6) is 3.53. The number of halogens is 2. The van der Waals surface area contributed by atoms with Crippen molar-refractivity contribution >= 4 is 60.0 Å². The molecule has 2 aliphatic heterocycles. The third kappa shape index (κ3) is 6.61. The zero-order valence-electron chi connectivity index (χ0n) is 23.6. The smallest absolute Gasteiger partial charge is 0.220 e. The minimum Gasteiger partial charge on any atom is -0.457 e. The monoisotopic (exact) mass is 612 g/mol. The predicted octanol–water partition coefficient (Wildman–Crippen LogP) is 4.49. The molecule has 0 atom stereocenters. The Morgan fingerprint density at radius 2 is 0.762 bits per heavy atom. The van der Waals surface area contributed by atoms with Crippen LogP contribution in [0.25, 0.3) is 0 Å². The number of ether oxygens (including phenoxy) is 2. The van der Waals surface area contributed by atoms with E-state index in [1.54, 1.807) is 0 Å². The lowest BCUT2D eigenvalue weighted by molar-refractivity contribution is 0.469. The summed E-state index contributed by atoms with van der Waals surface area (Å²) in [6.07, 6.45) is 0. The maximum absolute atomic E-state index is 6.12. The van der Waals surface area contributed by atoms with Gasteiger partial charge in [-0.2, -0.15) is 9.98 Å². The number of anilines is 2. The van der Waals surface area contributed by atoms with E-state index in [0.717, 1.165) is 11.4 Å². The lowest BCUT2D eigenvalue weighted by Gasteiger charge is -2.38. The van der Waals surface area contributed by atoms with Gasteiger partial charge in [0.1, 0.15) is 34.3 Å². The van der Waals surface area contributed by atoms with Crippen LogP contribution >= 0.6 is 24.8 Å². The molecule has 0 aliphatic carbocycles. The lowest BCUT2D eigenvalue weighted by Crippen LogP contribution is -2.54. The number of aliphatic imine (C=N–C) groups is 4. The zero-order valence-corrected chi connectivity index (χ0v) is 25.2. The molecule has 3 aromatic carbocycles. The Hall–Kier alpha value is -4.68. The van der Waals surface area contributed by atoms with Crippen LogP contribution in [0.15, 0.2) is 92.8 Å². The highest BCUT2D eigenvalue weighted by molar-refractivity contribution is 6.06. The molecule has 5 rings (SSSR count). The molecule has 8 N–H and O–H groups in total. The number of rotatable bonds is 6. The first-order chi connectivity index (χ1) is 18.9. The van der Waals surface area contributed by atoms with E-state index < -0.39 is 11.3 Å². The molecule has 0 aromatic heterocycles. The molecule has 14 heteroatoms. The van der Waals surface area contributed by atoms with Crippen molar-refractivity contribution in [3.8, 4) is 23.0 Å². The van der Waals surface area contributed by atoms with Gasteiger partial charge >= 0.3 is 0 Å². The van der Waals surface area contributed by atoms with Gasteiger partial charge in [0.25, 0.3) is 0 Å². The first-order valence-electron chi connectivity index (χ1n) is 12.6. The number of guanidine groups is 4. The maximum Gasteiger partial charge on any atom is 0.220 e.